The maximum absolute atomic E-state index is 12.5. The number of aliphatic hydroxyl groups excluding tert-OH is 1. The zero-order valence-electron chi connectivity index (χ0n) is 12.1. The van der Waals surface area contributed by atoms with Crippen LogP contribution in [0.15, 0.2) is 10.3 Å². The predicted octanol–water partition coefficient (Wildman–Crippen LogP) is 2.80. The van der Waals surface area contributed by atoms with E-state index in [9.17, 15) is 13.5 Å². The number of aliphatic hydroxyl groups is 1. The fraction of sp³-hybridized carbons (Fsp3) is 0.714. The number of hydrogen-bond donors (Lipinski definition) is 2. The van der Waals surface area contributed by atoms with Crippen molar-refractivity contribution >= 4 is 21.4 Å². The first-order valence-electron chi connectivity index (χ1n) is 7.18. The number of rotatable bonds is 5. The van der Waals surface area contributed by atoms with Crippen LogP contribution in [0.5, 0.6) is 0 Å². The molecule has 1 heterocycles. The Bertz CT molecular complexity index is 551. The topological polar surface area (TPSA) is 66.4 Å². The van der Waals surface area contributed by atoms with Gasteiger partial charge in [0.15, 0.2) is 0 Å². The Morgan fingerprint density at radius 3 is 2.85 bits per heavy atom. The Balaban J connectivity index is 2.16. The maximum atomic E-state index is 12.5. The molecule has 0 radical (unpaired) electrons. The van der Waals surface area contributed by atoms with Crippen molar-refractivity contribution in [2.75, 3.05) is 0 Å². The van der Waals surface area contributed by atoms with Gasteiger partial charge in [0.25, 0.3) is 0 Å². The maximum Gasteiger partial charge on any atom is 0.242 e. The summed E-state index contributed by atoms with van der Waals surface area (Å²) in [4.78, 5) is 0.807. The van der Waals surface area contributed by atoms with Gasteiger partial charge in [0, 0.05) is 6.04 Å². The van der Waals surface area contributed by atoms with Crippen LogP contribution in [0.2, 0.25) is 0 Å². The standard InChI is InChI=1S/C14H23NO3S2/c1-3-11-5-4-6-12(7-11)15-20(17,18)14-10(2)9-19-13(14)8-16/h9,11-12,15-16H,3-8H2,1-2H3. The molecule has 1 aromatic rings. The molecule has 0 aromatic carbocycles. The first kappa shape index (κ1) is 15.9. The normalized spacial score (nSPS) is 23.9. The molecule has 2 N–H and O–H groups in total. The molecule has 20 heavy (non-hydrogen) atoms. The first-order chi connectivity index (χ1) is 9.47. The van der Waals surface area contributed by atoms with Crippen LogP contribution >= 0.6 is 11.3 Å². The van der Waals surface area contributed by atoms with Crippen LogP contribution in [0.1, 0.15) is 49.5 Å². The molecule has 2 unspecified atom stereocenters. The summed E-state index contributed by atoms with van der Waals surface area (Å²) >= 11 is 1.30. The van der Waals surface area contributed by atoms with Crippen LogP contribution in [-0.4, -0.2) is 19.6 Å². The average molecular weight is 317 g/mol. The van der Waals surface area contributed by atoms with Crippen molar-refractivity contribution in [3.05, 3.63) is 15.8 Å². The molecule has 0 amide bonds. The van der Waals surface area contributed by atoms with Crippen LogP contribution in [0, 0.1) is 12.8 Å². The van der Waals surface area contributed by atoms with Crippen molar-refractivity contribution in [2.45, 2.75) is 63.5 Å². The minimum atomic E-state index is -3.52. The molecule has 4 nitrogen and oxygen atoms in total. The van der Waals surface area contributed by atoms with E-state index in [2.05, 4.69) is 11.6 Å². The van der Waals surface area contributed by atoms with E-state index in [4.69, 9.17) is 0 Å². The minimum Gasteiger partial charge on any atom is -0.391 e. The number of nitrogens with one attached hydrogen (secondary N) is 1. The molecule has 2 atom stereocenters. The van der Waals surface area contributed by atoms with Gasteiger partial charge in [0.05, 0.1) is 11.5 Å². The van der Waals surface area contributed by atoms with Gasteiger partial charge < -0.3 is 5.11 Å². The zero-order valence-corrected chi connectivity index (χ0v) is 13.7. The van der Waals surface area contributed by atoms with Crippen molar-refractivity contribution in [3.63, 3.8) is 0 Å². The second kappa shape index (κ2) is 6.56. The zero-order chi connectivity index (χ0) is 14.8. The van der Waals surface area contributed by atoms with Crippen LogP contribution in [0.4, 0.5) is 0 Å². The van der Waals surface area contributed by atoms with Crippen molar-refractivity contribution in [2.24, 2.45) is 5.92 Å². The highest BCUT2D eigenvalue weighted by Gasteiger charge is 2.28. The van der Waals surface area contributed by atoms with Gasteiger partial charge in [-0.2, -0.15) is 0 Å². The molecule has 1 aromatic heterocycles. The van der Waals surface area contributed by atoms with Gasteiger partial charge in [-0.15, -0.1) is 11.3 Å². The Morgan fingerprint density at radius 1 is 1.45 bits per heavy atom. The van der Waals surface area contributed by atoms with E-state index in [1.165, 1.54) is 17.8 Å². The van der Waals surface area contributed by atoms with E-state index in [0.717, 1.165) is 31.2 Å². The summed E-state index contributed by atoms with van der Waals surface area (Å²) in [6.07, 6.45) is 5.23. The van der Waals surface area contributed by atoms with Crippen molar-refractivity contribution < 1.29 is 13.5 Å². The number of hydrogen-bond acceptors (Lipinski definition) is 4. The summed E-state index contributed by atoms with van der Waals surface area (Å²) in [5.41, 5.74) is 0.717. The molecule has 1 aliphatic carbocycles. The SMILES string of the molecule is CCC1CCCC(NS(=O)(=O)c2c(C)csc2CO)C1. The smallest absolute Gasteiger partial charge is 0.242 e. The summed E-state index contributed by atoms with van der Waals surface area (Å²) in [6.45, 7) is 3.71. The van der Waals surface area contributed by atoms with E-state index in [1.54, 1.807) is 12.3 Å². The monoisotopic (exact) mass is 317 g/mol. The lowest BCUT2D eigenvalue weighted by atomic mass is 9.85. The number of thiophene rings is 1. The highest BCUT2D eigenvalue weighted by atomic mass is 32.2. The van der Waals surface area contributed by atoms with Crippen molar-refractivity contribution in [3.8, 4) is 0 Å². The van der Waals surface area contributed by atoms with E-state index in [1.807, 2.05) is 0 Å². The van der Waals surface area contributed by atoms with Crippen LogP contribution in [-0.2, 0) is 16.6 Å². The van der Waals surface area contributed by atoms with Gasteiger partial charge in [-0.25, -0.2) is 13.1 Å². The molecule has 0 spiro atoms. The number of sulfonamides is 1. The molecule has 114 valence electrons. The highest BCUT2D eigenvalue weighted by Crippen LogP contribution is 2.30. The molecule has 0 saturated heterocycles. The molecule has 1 aliphatic rings. The molecular weight excluding hydrogens is 294 g/mol. The van der Waals surface area contributed by atoms with Gasteiger partial charge in [0.1, 0.15) is 4.90 Å². The predicted molar refractivity (Wildman–Crippen MR) is 81.3 cm³/mol. The van der Waals surface area contributed by atoms with Gasteiger partial charge in [-0.1, -0.05) is 26.2 Å². The third-order valence-corrected chi connectivity index (χ3v) is 7.05. The molecule has 6 heteroatoms. The Hall–Kier alpha value is -0.430. The quantitative estimate of drug-likeness (QED) is 0.877. The van der Waals surface area contributed by atoms with E-state index in [0.29, 0.717) is 10.8 Å². The lowest BCUT2D eigenvalue weighted by Crippen LogP contribution is -2.38. The van der Waals surface area contributed by atoms with Gasteiger partial charge in [-0.3, -0.25) is 0 Å². The fourth-order valence-electron chi connectivity index (χ4n) is 3.00. The van der Waals surface area contributed by atoms with Gasteiger partial charge in [-0.05, 0) is 36.6 Å². The highest BCUT2D eigenvalue weighted by molar-refractivity contribution is 7.89. The second-order valence-electron chi connectivity index (χ2n) is 5.59. The third-order valence-electron chi connectivity index (χ3n) is 4.08. The Kier molecular flexibility index (Phi) is 5.23. The fourth-order valence-corrected chi connectivity index (χ4v) is 5.95. The second-order valence-corrected chi connectivity index (χ2v) is 8.20. The minimum absolute atomic E-state index is 0.0320. The summed E-state index contributed by atoms with van der Waals surface area (Å²) in [7, 11) is -3.52. The van der Waals surface area contributed by atoms with E-state index < -0.39 is 10.0 Å². The molecule has 2 rings (SSSR count). The molecule has 0 bridgehead atoms. The van der Waals surface area contributed by atoms with Crippen molar-refractivity contribution in [1.29, 1.82) is 0 Å². The first-order valence-corrected chi connectivity index (χ1v) is 9.54. The molecular formula is C14H23NO3S2. The van der Waals surface area contributed by atoms with Crippen LogP contribution in [0.3, 0.4) is 0 Å². The van der Waals surface area contributed by atoms with Gasteiger partial charge >= 0.3 is 0 Å². The largest absolute Gasteiger partial charge is 0.391 e. The summed E-state index contributed by atoms with van der Waals surface area (Å²) in [5.74, 6) is 0.623. The van der Waals surface area contributed by atoms with Gasteiger partial charge in [0.2, 0.25) is 10.0 Å². The number of aryl methyl sites for hydroxylation is 1. The lowest BCUT2D eigenvalue weighted by Gasteiger charge is -2.29. The molecule has 0 aliphatic heterocycles. The summed E-state index contributed by atoms with van der Waals surface area (Å²) < 4.78 is 27.9. The third kappa shape index (κ3) is 3.42. The van der Waals surface area contributed by atoms with E-state index >= 15 is 0 Å². The molecule has 1 saturated carbocycles. The van der Waals surface area contributed by atoms with Crippen LogP contribution in [0.25, 0.3) is 0 Å². The Morgan fingerprint density at radius 2 is 2.20 bits per heavy atom. The average Bonchev–Trinajstić information content (AvgIpc) is 2.80. The van der Waals surface area contributed by atoms with E-state index in [-0.39, 0.29) is 17.5 Å². The van der Waals surface area contributed by atoms with Crippen molar-refractivity contribution in [1.82, 2.24) is 4.72 Å². The summed E-state index contributed by atoms with van der Waals surface area (Å²) in [6, 6.07) is 0.0320. The Labute approximate surface area is 125 Å². The van der Waals surface area contributed by atoms with Crippen LogP contribution < -0.4 is 4.72 Å². The molecule has 1 fully saturated rings. The summed E-state index contributed by atoms with van der Waals surface area (Å²) in [5, 5.41) is 11.1. The lowest BCUT2D eigenvalue weighted by molar-refractivity contribution is 0.282.